The largest absolute Gasteiger partial charge is 0.352 e. The van der Waals surface area contributed by atoms with Crippen molar-refractivity contribution in [2.45, 2.75) is 19.9 Å². The van der Waals surface area contributed by atoms with Crippen molar-refractivity contribution in [1.29, 1.82) is 0 Å². The lowest BCUT2D eigenvalue weighted by Gasteiger charge is -2.22. The van der Waals surface area contributed by atoms with E-state index in [1.165, 1.54) is 11.1 Å². The average Bonchev–Trinajstić information content (AvgIpc) is 2.63. The van der Waals surface area contributed by atoms with Crippen molar-refractivity contribution >= 4 is 34.6 Å². The highest BCUT2D eigenvalue weighted by atomic mass is 35.5. The molecule has 0 saturated heterocycles. The van der Waals surface area contributed by atoms with E-state index in [4.69, 9.17) is 23.8 Å². The first-order valence-corrected chi connectivity index (χ1v) is 9.27. The fourth-order valence-electron chi connectivity index (χ4n) is 2.82. The molecule has 1 atom stereocenters. The van der Waals surface area contributed by atoms with Gasteiger partial charge in [0.1, 0.15) is 0 Å². The van der Waals surface area contributed by atoms with Gasteiger partial charge in [-0.1, -0.05) is 77.8 Å². The number of hydrogen-bond acceptors (Lipinski definition) is 1. The summed E-state index contributed by atoms with van der Waals surface area (Å²) < 4.78 is 0. The maximum absolute atomic E-state index is 6.21. The van der Waals surface area contributed by atoms with Crippen LogP contribution in [0.5, 0.6) is 0 Å². The summed E-state index contributed by atoms with van der Waals surface area (Å²) in [4.78, 5) is 0. The average molecular weight is 381 g/mol. The first kappa shape index (κ1) is 18.4. The SMILES string of the molecule is Cc1cccc(C(NC(=S)Nc2ccc(C)c(Cl)c2)c2ccccc2)c1. The highest BCUT2D eigenvalue weighted by Crippen LogP contribution is 2.24. The van der Waals surface area contributed by atoms with Gasteiger partial charge in [0.15, 0.2) is 5.11 Å². The van der Waals surface area contributed by atoms with Crippen LogP contribution in [-0.2, 0) is 0 Å². The second-order valence-electron chi connectivity index (χ2n) is 6.32. The topological polar surface area (TPSA) is 24.1 Å². The van der Waals surface area contributed by atoms with E-state index in [1.54, 1.807) is 0 Å². The Morgan fingerprint density at radius 3 is 2.31 bits per heavy atom. The van der Waals surface area contributed by atoms with Crippen molar-refractivity contribution in [2.75, 3.05) is 5.32 Å². The summed E-state index contributed by atoms with van der Waals surface area (Å²) in [5, 5.41) is 7.94. The van der Waals surface area contributed by atoms with Gasteiger partial charge in [-0.2, -0.15) is 0 Å². The fraction of sp³-hybridized carbons (Fsp3) is 0.136. The van der Waals surface area contributed by atoms with Gasteiger partial charge in [-0.15, -0.1) is 0 Å². The van der Waals surface area contributed by atoms with E-state index in [0.29, 0.717) is 5.11 Å². The molecule has 3 aromatic carbocycles. The van der Waals surface area contributed by atoms with Gasteiger partial charge in [-0.3, -0.25) is 0 Å². The molecule has 0 aliphatic heterocycles. The standard InChI is InChI=1S/C22H21ClN2S/c1-15-7-6-10-18(13-15)21(17-8-4-3-5-9-17)25-22(26)24-19-12-11-16(2)20(23)14-19/h3-14,21H,1-2H3,(H2,24,25,26). The van der Waals surface area contributed by atoms with Crippen LogP contribution < -0.4 is 10.6 Å². The summed E-state index contributed by atoms with van der Waals surface area (Å²) in [5.74, 6) is 0. The number of halogens is 1. The van der Waals surface area contributed by atoms with E-state index in [1.807, 2.05) is 43.3 Å². The maximum atomic E-state index is 6.21. The Morgan fingerprint density at radius 1 is 0.885 bits per heavy atom. The Kier molecular flexibility index (Phi) is 5.92. The van der Waals surface area contributed by atoms with E-state index in [0.717, 1.165) is 21.8 Å². The van der Waals surface area contributed by atoms with E-state index in [2.05, 4.69) is 54.0 Å². The first-order valence-electron chi connectivity index (χ1n) is 8.48. The van der Waals surface area contributed by atoms with Crippen LogP contribution in [-0.4, -0.2) is 5.11 Å². The Bertz CT molecular complexity index is 909. The molecule has 0 aromatic heterocycles. The lowest BCUT2D eigenvalue weighted by atomic mass is 9.97. The second-order valence-corrected chi connectivity index (χ2v) is 7.14. The molecule has 1 unspecified atom stereocenters. The molecule has 132 valence electrons. The molecule has 0 heterocycles. The third-order valence-corrected chi connectivity index (χ3v) is 4.84. The third kappa shape index (κ3) is 4.63. The fourth-order valence-corrected chi connectivity index (χ4v) is 3.24. The minimum Gasteiger partial charge on any atom is -0.352 e. The zero-order chi connectivity index (χ0) is 18.5. The Labute approximate surface area is 165 Å². The van der Waals surface area contributed by atoms with Gasteiger partial charge in [0.05, 0.1) is 6.04 Å². The number of thiocarbonyl (C=S) groups is 1. The number of aryl methyl sites for hydroxylation is 2. The summed E-state index contributed by atoms with van der Waals surface area (Å²) in [5.41, 5.74) is 5.45. The monoisotopic (exact) mass is 380 g/mol. The van der Waals surface area contributed by atoms with Gasteiger partial charge in [0, 0.05) is 10.7 Å². The zero-order valence-corrected chi connectivity index (χ0v) is 16.4. The van der Waals surface area contributed by atoms with Crippen molar-refractivity contribution in [1.82, 2.24) is 5.32 Å². The molecule has 26 heavy (non-hydrogen) atoms. The molecule has 4 heteroatoms. The third-order valence-electron chi connectivity index (χ3n) is 4.21. The van der Waals surface area contributed by atoms with Crippen LogP contribution in [0.15, 0.2) is 72.8 Å². The van der Waals surface area contributed by atoms with E-state index >= 15 is 0 Å². The number of rotatable bonds is 4. The summed E-state index contributed by atoms with van der Waals surface area (Å²) >= 11 is 11.8. The van der Waals surface area contributed by atoms with Crippen molar-refractivity contribution < 1.29 is 0 Å². The van der Waals surface area contributed by atoms with Crippen molar-refractivity contribution in [3.8, 4) is 0 Å². The molecule has 3 rings (SSSR count). The molecule has 0 radical (unpaired) electrons. The molecule has 2 nitrogen and oxygen atoms in total. The minimum absolute atomic E-state index is 0.0305. The van der Waals surface area contributed by atoms with Crippen molar-refractivity contribution in [2.24, 2.45) is 0 Å². The summed E-state index contributed by atoms with van der Waals surface area (Å²) in [6, 6.07) is 24.5. The zero-order valence-electron chi connectivity index (χ0n) is 14.8. The molecule has 0 amide bonds. The molecule has 0 aliphatic rings. The smallest absolute Gasteiger partial charge is 0.171 e. The van der Waals surface area contributed by atoms with Crippen LogP contribution in [0.4, 0.5) is 5.69 Å². The van der Waals surface area contributed by atoms with E-state index in [-0.39, 0.29) is 6.04 Å². The quantitative estimate of drug-likeness (QED) is 0.540. The van der Waals surface area contributed by atoms with Crippen molar-refractivity contribution in [3.63, 3.8) is 0 Å². The normalized spacial score (nSPS) is 11.7. The van der Waals surface area contributed by atoms with Gasteiger partial charge in [-0.25, -0.2) is 0 Å². The molecule has 0 spiro atoms. The van der Waals surface area contributed by atoms with Gasteiger partial charge in [0.2, 0.25) is 0 Å². The van der Waals surface area contributed by atoms with Crippen LogP contribution in [0.25, 0.3) is 0 Å². The van der Waals surface area contributed by atoms with E-state index in [9.17, 15) is 0 Å². The summed E-state index contributed by atoms with van der Waals surface area (Å²) in [6.07, 6.45) is 0. The number of hydrogen-bond donors (Lipinski definition) is 2. The molecule has 0 fully saturated rings. The van der Waals surface area contributed by atoms with Gasteiger partial charge >= 0.3 is 0 Å². The Hall–Kier alpha value is -2.36. The number of nitrogens with one attached hydrogen (secondary N) is 2. The van der Waals surface area contributed by atoms with Crippen LogP contribution in [0.3, 0.4) is 0 Å². The Balaban J connectivity index is 1.83. The van der Waals surface area contributed by atoms with Crippen LogP contribution in [0.2, 0.25) is 5.02 Å². The molecule has 0 saturated carbocycles. The van der Waals surface area contributed by atoms with Gasteiger partial charge < -0.3 is 10.6 Å². The molecule has 0 aliphatic carbocycles. The lowest BCUT2D eigenvalue weighted by Crippen LogP contribution is -2.33. The van der Waals surface area contributed by atoms with Crippen LogP contribution in [0.1, 0.15) is 28.3 Å². The van der Waals surface area contributed by atoms with E-state index < -0.39 is 0 Å². The first-order chi connectivity index (χ1) is 12.5. The second kappa shape index (κ2) is 8.35. The van der Waals surface area contributed by atoms with Crippen LogP contribution >= 0.6 is 23.8 Å². The number of anilines is 1. The van der Waals surface area contributed by atoms with Crippen LogP contribution in [0, 0.1) is 13.8 Å². The van der Waals surface area contributed by atoms with Crippen molar-refractivity contribution in [3.05, 3.63) is 100 Å². The molecule has 2 N–H and O–H groups in total. The molecule has 3 aromatic rings. The maximum Gasteiger partial charge on any atom is 0.171 e. The minimum atomic E-state index is -0.0305. The predicted octanol–water partition coefficient (Wildman–Crippen LogP) is 6.03. The predicted molar refractivity (Wildman–Crippen MR) is 115 cm³/mol. The Morgan fingerprint density at radius 2 is 1.62 bits per heavy atom. The van der Waals surface area contributed by atoms with Gasteiger partial charge in [0.25, 0.3) is 0 Å². The highest BCUT2D eigenvalue weighted by molar-refractivity contribution is 7.80. The van der Waals surface area contributed by atoms with Gasteiger partial charge in [-0.05, 0) is 54.9 Å². The summed E-state index contributed by atoms with van der Waals surface area (Å²) in [7, 11) is 0. The highest BCUT2D eigenvalue weighted by Gasteiger charge is 2.15. The molecular formula is C22H21ClN2S. The molecule has 0 bridgehead atoms. The lowest BCUT2D eigenvalue weighted by molar-refractivity contribution is 0.768. The number of benzene rings is 3. The molecular weight excluding hydrogens is 360 g/mol. The summed E-state index contributed by atoms with van der Waals surface area (Å²) in [6.45, 7) is 4.07.